The van der Waals surface area contributed by atoms with E-state index in [1.165, 1.54) is 0 Å². The van der Waals surface area contributed by atoms with Crippen LogP contribution in [0.3, 0.4) is 0 Å². The molecule has 2 aromatic heterocycles. The van der Waals surface area contributed by atoms with Crippen molar-refractivity contribution in [3.63, 3.8) is 0 Å². The SMILES string of the molecule is COc1ccc(S(=O)(=O)N2CCC[C@H]2c2cccc(Nc3ccccn3)n2)cc1C. The summed E-state index contributed by atoms with van der Waals surface area (Å²) in [4.78, 5) is 9.20. The number of anilines is 2. The summed E-state index contributed by atoms with van der Waals surface area (Å²) in [7, 11) is -2.08. The van der Waals surface area contributed by atoms with Gasteiger partial charge in [0.1, 0.15) is 17.4 Å². The van der Waals surface area contributed by atoms with Crippen LogP contribution in [0, 0.1) is 6.92 Å². The average Bonchev–Trinajstić information content (AvgIpc) is 3.25. The van der Waals surface area contributed by atoms with Gasteiger partial charge in [-0.2, -0.15) is 4.31 Å². The van der Waals surface area contributed by atoms with Crippen LogP contribution in [-0.2, 0) is 10.0 Å². The lowest BCUT2D eigenvalue weighted by atomic mass is 10.1. The van der Waals surface area contributed by atoms with E-state index in [1.54, 1.807) is 35.8 Å². The first-order valence-electron chi connectivity index (χ1n) is 9.80. The Morgan fingerprint density at radius 3 is 2.67 bits per heavy atom. The maximum absolute atomic E-state index is 13.4. The molecule has 4 rings (SSSR count). The molecule has 1 aliphatic rings. The van der Waals surface area contributed by atoms with Crippen LogP contribution in [0.5, 0.6) is 5.75 Å². The second kappa shape index (κ2) is 8.41. The number of hydrogen-bond donors (Lipinski definition) is 1. The van der Waals surface area contributed by atoms with E-state index in [4.69, 9.17) is 4.74 Å². The molecule has 7 nitrogen and oxygen atoms in total. The van der Waals surface area contributed by atoms with Gasteiger partial charge in [-0.05, 0) is 67.8 Å². The van der Waals surface area contributed by atoms with Crippen LogP contribution in [0.1, 0.15) is 30.1 Å². The summed E-state index contributed by atoms with van der Waals surface area (Å²) in [6.07, 6.45) is 3.22. The molecule has 0 unspecified atom stereocenters. The highest BCUT2D eigenvalue weighted by Crippen LogP contribution is 2.37. The van der Waals surface area contributed by atoms with E-state index >= 15 is 0 Å². The van der Waals surface area contributed by atoms with Crippen molar-refractivity contribution >= 4 is 21.7 Å². The molecular formula is C22H24N4O3S. The predicted octanol–water partition coefficient (Wildman–Crippen LogP) is 4.06. The summed E-state index contributed by atoms with van der Waals surface area (Å²) < 4.78 is 33.6. The van der Waals surface area contributed by atoms with Gasteiger partial charge >= 0.3 is 0 Å². The number of benzene rings is 1. The fourth-order valence-corrected chi connectivity index (χ4v) is 5.50. The van der Waals surface area contributed by atoms with Gasteiger partial charge in [0.15, 0.2) is 0 Å². The monoisotopic (exact) mass is 424 g/mol. The third-order valence-corrected chi connectivity index (χ3v) is 7.11. The number of nitrogens with zero attached hydrogens (tertiary/aromatic N) is 3. The molecule has 0 bridgehead atoms. The van der Waals surface area contributed by atoms with Crippen LogP contribution in [-0.4, -0.2) is 36.3 Å². The number of methoxy groups -OCH3 is 1. The standard InChI is InChI=1S/C22H24N4O3S/c1-16-15-17(11-12-20(16)29-2)30(27,28)26-14-6-8-19(26)18-7-5-10-22(24-18)25-21-9-3-4-13-23-21/h3-5,7,9-13,15,19H,6,8,14H2,1-2H3,(H,23,24,25)/t19-/m0/s1. The highest BCUT2D eigenvalue weighted by Gasteiger charge is 2.37. The molecular weight excluding hydrogens is 400 g/mol. The molecule has 1 aromatic carbocycles. The van der Waals surface area contributed by atoms with Crippen LogP contribution in [0.4, 0.5) is 11.6 Å². The molecule has 0 radical (unpaired) electrons. The molecule has 8 heteroatoms. The van der Waals surface area contributed by atoms with Crippen molar-refractivity contribution in [2.45, 2.75) is 30.7 Å². The second-order valence-electron chi connectivity index (χ2n) is 7.19. The zero-order chi connectivity index (χ0) is 21.1. The fourth-order valence-electron chi connectivity index (χ4n) is 3.74. The Labute approximate surface area is 176 Å². The molecule has 3 heterocycles. The van der Waals surface area contributed by atoms with Gasteiger partial charge in [-0.1, -0.05) is 12.1 Å². The summed E-state index contributed by atoms with van der Waals surface area (Å²) in [6.45, 7) is 2.31. The predicted molar refractivity (Wildman–Crippen MR) is 115 cm³/mol. The molecule has 0 saturated carbocycles. The van der Waals surface area contributed by atoms with E-state index < -0.39 is 10.0 Å². The Hall–Kier alpha value is -2.97. The first-order valence-corrected chi connectivity index (χ1v) is 11.2. The molecule has 1 N–H and O–H groups in total. The fraction of sp³-hybridized carbons (Fsp3) is 0.273. The Bertz CT molecular complexity index is 1140. The molecule has 3 aromatic rings. The van der Waals surface area contributed by atoms with Crippen LogP contribution in [0.2, 0.25) is 0 Å². The maximum Gasteiger partial charge on any atom is 0.243 e. The highest BCUT2D eigenvalue weighted by molar-refractivity contribution is 7.89. The van der Waals surface area contributed by atoms with Crippen molar-refractivity contribution in [3.05, 3.63) is 72.1 Å². The average molecular weight is 425 g/mol. The molecule has 1 fully saturated rings. The number of aryl methyl sites for hydroxylation is 1. The van der Waals surface area contributed by atoms with Crippen molar-refractivity contribution in [1.29, 1.82) is 0 Å². The number of pyridine rings is 2. The van der Waals surface area contributed by atoms with Crippen LogP contribution >= 0.6 is 0 Å². The second-order valence-corrected chi connectivity index (χ2v) is 9.08. The van der Waals surface area contributed by atoms with Gasteiger partial charge in [-0.15, -0.1) is 0 Å². The number of rotatable bonds is 6. The van der Waals surface area contributed by atoms with Gasteiger partial charge in [0.25, 0.3) is 0 Å². The number of ether oxygens (including phenoxy) is 1. The Morgan fingerprint density at radius 2 is 1.93 bits per heavy atom. The van der Waals surface area contributed by atoms with Gasteiger partial charge in [-0.3, -0.25) is 0 Å². The van der Waals surface area contributed by atoms with Crippen molar-refractivity contribution in [2.24, 2.45) is 0 Å². The number of hydrogen-bond acceptors (Lipinski definition) is 6. The van der Waals surface area contributed by atoms with Crippen molar-refractivity contribution < 1.29 is 13.2 Å². The summed E-state index contributed by atoms with van der Waals surface area (Å²) in [5.41, 5.74) is 1.51. The lowest BCUT2D eigenvalue weighted by Crippen LogP contribution is -2.31. The highest BCUT2D eigenvalue weighted by atomic mass is 32.2. The minimum absolute atomic E-state index is 0.274. The zero-order valence-corrected chi connectivity index (χ0v) is 17.8. The maximum atomic E-state index is 13.4. The molecule has 0 amide bonds. The van der Waals surface area contributed by atoms with Crippen LogP contribution < -0.4 is 10.1 Å². The van der Waals surface area contributed by atoms with E-state index in [0.717, 1.165) is 24.1 Å². The Morgan fingerprint density at radius 1 is 1.10 bits per heavy atom. The first kappa shape index (κ1) is 20.3. The zero-order valence-electron chi connectivity index (χ0n) is 16.9. The van der Waals surface area contributed by atoms with E-state index in [0.29, 0.717) is 23.9 Å². The van der Waals surface area contributed by atoms with Crippen molar-refractivity contribution in [1.82, 2.24) is 14.3 Å². The van der Waals surface area contributed by atoms with E-state index in [-0.39, 0.29) is 10.9 Å². The topological polar surface area (TPSA) is 84.4 Å². The molecule has 1 aliphatic heterocycles. The molecule has 1 saturated heterocycles. The third-order valence-electron chi connectivity index (χ3n) is 5.21. The number of nitrogens with one attached hydrogen (secondary N) is 1. The minimum Gasteiger partial charge on any atom is -0.496 e. The minimum atomic E-state index is -3.65. The lowest BCUT2D eigenvalue weighted by Gasteiger charge is -2.24. The number of sulfonamides is 1. The summed E-state index contributed by atoms with van der Waals surface area (Å²) in [6, 6.07) is 15.9. The Balaban J connectivity index is 1.62. The number of aromatic nitrogens is 2. The molecule has 0 aliphatic carbocycles. The molecule has 0 spiro atoms. The van der Waals surface area contributed by atoms with E-state index in [1.807, 2.05) is 43.3 Å². The smallest absolute Gasteiger partial charge is 0.243 e. The summed E-state index contributed by atoms with van der Waals surface area (Å²) >= 11 is 0. The van der Waals surface area contributed by atoms with Crippen LogP contribution in [0.15, 0.2) is 65.7 Å². The van der Waals surface area contributed by atoms with Gasteiger partial charge in [0.2, 0.25) is 10.0 Å². The molecule has 1 atom stereocenters. The molecule has 156 valence electrons. The summed E-state index contributed by atoms with van der Waals surface area (Å²) in [5.74, 6) is 1.99. The first-order chi connectivity index (χ1) is 14.5. The van der Waals surface area contributed by atoms with Crippen LogP contribution in [0.25, 0.3) is 0 Å². The van der Waals surface area contributed by atoms with E-state index in [9.17, 15) is 8.42 Å². The largest absolute Gasteiger partial charge is 0.496 e. The van der Waals surface area contributed by atoms with Gasteiger partial charge in [0, 0.05) is 12.7 Å². The van der Waals surface area contributed by atoms with Crippen molar-refractivity contribution in [2.75, 3.05) is 19.0 Å². The molecule has 30 heavy (non-hydrogen) atoms. The normalized spacial score (nSPS) is 17.1. The Kier molecular flexibility index (Phi) is 5.69. The van der Waals surface area contributed by atoms with Gasteiger partial charge < -0.3 is 10.1 Å². The van der Waals surface area contributed by atoms with Gasteiger partial charge in [0.05, 0.1) is 23.7 Å². The van der Waals surface area contributed by atoms with E-state index in [2.05, 4.69) is 15.3 Å². The van der Waals surface area contributed by atoms with Gasteiger partial charge in [-0.25, -0.2) is 18.4 Å². The lowest BCUT2D eigenvalue weighted by molar-refractivity contribution is 0.390. The third kappa shape index (κ3) is 4.01. The quantitative estimate of drug-likeness (QED) is 0.642. The van der Waals surface area contributed by atoms with Crippen molar-refractivity contribution in [3.8, 4) is 5.75 Å². The summed E-state index contributed by atoms with van der Waals surface area (Å²) in [5, 5.41) is 3.17.